The van der Waals surface area contributed by atoms with Crippen LogP contribution in [0.4, 0.5) is 0 Å². The van der Waals surface area contributed by atoms with Gasteiger partial charge in [0.05, 0.1) is 6.42 Å². The first-order valence-electron chi connectivity index (χ1n) is 4.33. The highest BCUT2D eigenvalue weighted by Gasteiger charge is 2.08. The normalized spacial score (nSPS) is 11.5. The Balaban J connectivity index is 0.00000196. The smallest absolute Gasteiger partial charge is 0.304 e. The first-order valence-corrected chi connectivity index (χ1v) is 4.33. The molecule has 1 aromatic carbocycles. The van der Waals surface area contributed by atoms with Gasteiger partial charge in [0.1, 0.15) is 5.75 Å². The van der Waals surface area contributed by atoms with Crippen molar-refractivity contribution in [2.45, 2.75) is 18.9 Å². The zero-order valence-electron chi connectivity index (χ0n) is 8.09. The summed E-state index contributed by atoms with van der Waals surface area (Å²) in [7, 11) is 0. The van der Waals surface area contributed by atoms with E-state index in [1.807, 2.05) is 0 Å². The van der Waals surface area contributed by atoms with E-state index in [4.69, 9.17) is 15.9 Å². The van der Waals surface area contributed by atoms with Crippen molar-refractivity contribution in [3.63, 3.8) is 0 Å². The molecule has 0 radical (unpaired) electrons. The van der Waals surface area contributed by atoms with E-state index in [0.29, 0.717) is 6.42 Å². The van der Waals surface area contributed by atoms with Crippen LogP contribution in [-0.4, -0.2) is 22.2 Å². The fourth-order valence-corrected chi connectivity index (χ4v) is 1.23. The van der Waals surface area contributed by atoms with E-state index in [-0.39, 0.29) is 30.6 Å². The molecule has 1 rings (SSSR count). The molecule has 0 aliphatic carbocycles. The van der Waals surface area contributed by atoms with Crippen LogP contribution in [0.5, 0.6) is 5.75 Å². The summed E-state index contributed by atoms with van der Waals surface area (Å²) < 4.78 is 0. The maximum absolute atomic E-state index is 10.3. The maximum Gasteiger partial charge on any atom is 0.304 e. The van der Waals surface area contributed by atoms with Crippen LogP contribution in [0.15, 0.2) is 24.3 Å². The first kappa shape index (κ1) is 13.7. The maximum atomic E-state index is 10.3. The Morgan fingerprint density at radius 2 is 1.87 bits per heavy atom. The third-order valence-corrected chi connectivity index (χ3v) is 1.87. The average molecular weight is 232 g/mol. The van der Waals surface area contributed by atoms with Gasteiger partial charge in [0.25, 0.3) is 0 Å². The molecule has 0 amide bonds. The predicted octanol–water partition coefficient (Wildman–Crippen LogP) is 1.16. The Morgan fingerprint density at radius 3 is 2.33 bits per heavy atom. The summed E-state index contributed by atoms with van der Waals surface area (Å²) in [5.41, 5.74) is 6.53. The Kier molecular flexibility index (Phi) is 5.74. The lowest BCUT2D eigenvalue weighted by atomic mass is 10.0. The van der Waals surface area contributed by atoms with E-state index in [0.717, 1.165) is 5.56 Å². The van der Waals surface area contributed by atoms with Crippen molar-refractivity contribution in [2.75, 3.05) is 0 Å². The number of benzene rings is 1. The molecule has 1 atom stereocenters. The standard InChI is InChI=1S/C10H13NO3.ClH/c11-8(6-10(13)14)5-7-1-3-9(12)4-2-7;/h1-4,8,12H,5-6,11H2,(H,13,14);1H/t8-;/m0./s1. The number of carboxylic acids is 1. The number of phenols is 1. The van der Waals surface area contributed by atoms with Crippen LogP contribution in [0.1, 0.15) is 12.0 Å². The third-order valence-electron chi connectivity index (χ3n) is 1.87. The number of rotatable bonds is 4. The minimum absolute atomic E-state index is 0. The molecule has 0 saturated heterocycles. The Hall–Kier alpha value is -1.26. The van der Waals surface area contributed by atoms with Crippen LogP contribution in [0.3, 0.4) is 0 Å². The number of hydrogen-bond donors (Lipinski definition) is 3. The minimum atomic E-state index is -0.892. The molecule has 0 bridgehead atoms. The number of phenolic OH excluding ortho intramolecular Hbond substituents is 1. The zero-order chi connectivity index (χ0) is 10.6. The van der Waals surface area contributed by atoms with Crippen LogP contribution >= 0.6 is 12.4 Å². The number of carbonyl (C=O) groups is 1. The second-order valence-corrected chi connectivity index (χ2v) is 3.23. The Labute approximate surface area is 94.1 Å². The van der Waals surface area contributed by atoms with Crippen molar-refractivity contribution in [2.24, 2.45) is 5.73 Å². The molecule has 4 nitrogen and oxygen atoms in total. The third kappa shape index (κ3) is 5.24. The number of nitrogens with two attached hydrogens (primary N) is 1. The highest BCUT2D eigenvalue weighted by Crippen LogP contribution is 2.11. The fraction of sp³-hybridized carbons (Fsp3) is 0.300. The molecule has 0 saturated carbocycles. The lowest BCUT2D eigenvalue weighted by Gasteiger charge is -2.08. The number of aromatic hydroxyl groups is 1. The minimum Gasteiger partial charge on any atom is -0.508 e. The molecule has 0 aliphatic heterocycles. The second-order valence-electron chi connectivity index (χ2n) is 3.23. The van der Waals surface area contributed by atoms with E-state index in [1.54, 1.807) is 24.3 Å². The lowest BCUT2D eigenvalue weighted by molar-refractivity contribution is -0.137. The van der Waals surface area contributed by atoms with Gasteiger partial charge in [-0.25, -0.2) is 0 Å². The van der Waals surface area contributed by atoms with Crippen molar-refractivity contribution < 1.29 is 15.0 Å². The summed E-state index contributed by atoms with van der Waals surface area (Å²) in [6.07, 6.45) is 0.466. The molecule has 0 aromatic heterocycles. The van der Waals surface area contributed by atoms with E-state index in [2.05, 4.69) is 0 Å². The predicted molar refractivity (Wildman–Crippen MR) is 59.3 cm³/mol. The van der Waals surface area contributed by atoms with Crippen molar-refractivity contribution in [1.29, 1.82) is 0 Å². The number of carboxylic acid groups (broad SMARTS) is 1. The highest BCUT2D eigenvalue weighted by molar-refractivity contribution is 5.85. The van der Waals surface area contributed by atoms with Gasteiger partial charge in [0, 0.05) is 6.04 Å². The van der Waals surface area contributed by atoms with Crippen LogP contribution < -0.4 is 5.73 Å². The number of aliphatic carboxylic acids is 1. The van der Waals surface area contributed by atoms with E-state index in [1.165, 1.54) is 0 Å². The van der Waals surface area contributed by atoms with Gasteiger partial charge < -0.3 is 15.9 Å². The molecule has 0 spiro atoms. The molecular formula is C10H14ClNO3. The van der Waals surface area contributed by atoms with E-state index in [9.17, 15) is 4.79 Å². The Bertz CT molecular complexity index is 313. The molecule has 84 valence electrons. The molecule has 0 heterocycles. The molecule has 1 aromatic rings. The molecule has 15 heavy (non-hydrogen) atoms. The van der Waals surface area contributed by atoms with Crippen LogP contribution in [0, 0.1) is 0 Å². The topological polar surface area (TPSA) is 83.6 Å². The SMILES string of the molecule is Cl.N[C@H](CC(=O)O)Cc1ccc(O)cc1. The van der Waals surface area contributed by atoms with E-state index >= 15 is 0 Å². The molecule has 0 unspecified atom stereocenters. The van der Waals surface area contributed by atoms with Crippen molar-refractivity contribution in [1.82, 2.24) is 0 Å². The zero-order valence-corrected chi connectivity index (χ0v) is 8.91. The van der Waals surface area contributed by atoms with Gasteiger partial charge in [-0.05, 0) is 24.1 Å². The molecule has 4 N–H and O–H groups in total. The summed E-state index contributed by atoms with van der Waals surface area (Å²) >= 11 is 0. The summed E-state index contributed by atoms with van der Waals surface area (Å²) in [5, 5.41) is 17.5. The van der Waals surface area contributed by atoms with Crippen molar-refractivity contribution >= 4 is 18.4 Å². The molecule has 0 fully saturated rings. The highest BCUT2D eigenvalue weighted by atomic mass is 35.5. The van der Waals surface area contributed by atoms with Gasteiger partial charge in [-0.15, -0.1) is 12.4 Å². The summed E-state index contributed by atoms with van der Waals surface area (Å²) in [5.74, 6) is -0.697. The molecule has 0 aliphatic rings. The van der Waals surface area contributed by atoms with Gasteiger partial charge in [0.2, 0.25) is 0 Å². The van der Waals surface area contributed by atoms with Gasteiger partial charge in [-0.1, -0.05) is 12.1 Å². The summed E-state index contributed by atoms with van der Waals surface area (Å²) in [6.45, 7) is 0. The lowest BCUT2D eigenvalue weighted by Crippen LogP contribution is -2.26. The summed E-state index contributed by atoms with van der Waals surface area (Å²) in [6, 6.07) is 6.21. The second kappa shape index (κ2) is 6.27. The van der Waals surface area contributed by atoms with Gasteiger partial charge in [-0.3, -0.25) is 4.79 Å². The number of halogens is 1. The average Bonchev–Trinajstić information content (AvgIpc) is 2.07. The van der Waals surface area contributed by atoms with Gasteiger partial charge >= 0.3 is 5.97 Å². The van der Waals surface area contributed by atoms with Crippen LogP contribution in [0.25, 0.3) is 0 Å². The number of hydrogen-bond acceptors (Lipinski definition) is 3. The first-order chi connectivity index (χ1) is 6.58. The fourth-order valence-electron chi connectivity index (χ4n) is 1.23. The molecular weight excluding hydrogens is 218 g/mol. The molecule has 5 heteroatoms. The van der Waals surface area contributed by atoms with Crippen molar-refractivity contribution in [3.8, 4) is 5.75 Å². The Morgan fingerprint density at radius 1 is 1.33 bits per heavy atom. The monoisotopic (exact) mass is 231 g/mol. The largest absolute Gasteiger partial charge is 0.508 e. The quantitative estimate of drug-likeness (QED) is 0.726. The van der Waals surface area contributed by atoms with Crippen LogP contribution in [0.2, 0.25) is 0 Å². The van der Waals surface area contributed by atoms with Gasteiger partial charge in [0.15, 0.2) is 0 Å². The van der Waals surface area contributed by atoms with Crippen LogP contribution in [-0.2, 0) is 11.2 Å². The van der Waals surface area contributed by atoms with Gasteiger partial charge in [-0.2, -0.15) is 0 Å². The van der Waals surface area contributed by atoms with E-state index < -0.39 is 5.97 Å². The summed E-state index contributed by atoms with van der Waals surface area (Å²) in [4.78, 5) is 10.3. The van der Waals surface area contributed by atoms with Crippen molar-refractivity contribution in [3.05, 3.63) is 29.8 Å².